The first-order valence-corrected chi connectivity index (χ1v) is 7.97. The molecule has 0 aliphatic carbocycles. The lowest BCUT2D eigenvalue weighted by Gasteiger charge is -1.99. The first-order chi connectivity index (χ1) is 7.66. The average molecular weight is 380 g/mol. The Morgan fingerprint density at radius 1 is 1.00 bits per heavy atom. The quantitative estimate of drug-likeness (QED) is 0.753. The van der Waals surface area contributed by atoms with E-state index >= 15 is 0 Å². The molecule has 2 aromatic rings. The number of carbonyl (C=O) groups is 1. The summed E-state index contributed by atoms with van der Waals surface area (Å²) in [6.07, 6.45) is 1.01. The van der Waals surface area contributed by atoms with E-state index in [1.165, 1.54) is 0 Å². The van der Waals surface area contributed by atoms with Gasteiger partial charge >= 0.3 is 0 Å². The van der Waals surface area contributed by atoms with E-state index in [2.05, 4.69) is 31.9 Å². The van der Waals surface area contributed by atoms with Gasteiger partial charge in [0.1, 0.15) is 5.78 Å². The maximum absolute atomic E-state index is 11.8. The molecular weight excluding hydrogens is 372 g/mol. The van der Waals surface area contributed by atoms with Crippen LogP contribution in [0, 0.1) is 0 Å². The fraction of sp³-hybridized carbons (Fsp3) is 0.182. The summed E-state index contributed by atoms with van der Waals surface area (Å²) in [5.74, 6) is 0.248. The number of ketones is 1. The molecule has 1 nitrogen and oxygen atoms in total. The van der Waals surface area contributed by atoms with E-state index in [0.717, 1.165) is 18.7 Å². The van der Waals surface area contributed by atoms with Crippen LogP contribution >= 0.6 is 54.5 Å². The summed E-state index contributed by atoms with van der Waals surface area (Å²) in [4.78, 5) is 11.8. The van der Waals surface area contributed by atoms with Crippen LogP contribution in [0.3, 0.4) is 0 Å². The van der Waals surface area contributed by atoms with Gasteiger partial charge in [0.05, 0.1) is 7.57 Å². The summed E-state index contributed by atoms with van der Waals surface area (Å²) in [5.41, 5.74) is 2.17. The standard InChI is InChI=1S/C11H8Br2OS2/c12-10-7(1-3-15-10)5-9(14)6-8-2-4-16-11(8)13/h1-4H,5-6H2. The summed E-state index contributed by atoms with van der Waals surface area (Å²) >= 11 is 10.1. The number of hydrogen-bond acceptors (Lipinski definition) is 3. The Balaban J connectivity index is 2.00. The molecule has 0 radical (unpaired) electrons. The molecule has 0 aromatic carbocycles. The minimum absolute atomic E-state index is 0.248. The van der Waals surface area contributed by atoms with Gasteiger partial charge in [0.15, 0.2) is 0 Å². The van der Waals surface area contributed by atoms with Crippen molar-refractivity contribution < 1.29 is 4.79 Å². The van der Waals surface area contributed by atoms with Crippen LogP contribution in [0.25, 0.3) is 0 Å². The Kier molecular flexibility index (Phi) is 4.35. The number of carbonyl (C=O) groups excluding carboxylic acids is 1. The van der Waals surface area contributed by atoms with Crippen LogP contribution in [-0.4, -0.2) is 5.78 Å². The molecule has 2 rings (SSSR count). The molecule has 0 fully saturated rings. The lowest BCUT2D eigenvalue weighted by Crippen LogP contribution is -2.05. The number of thiophene rings is 2. The molecule has 84 valence electrons. The van der Waals surface area contributed by atoms with Gasteiger partial charge in [-0.05, 0) is 65.9 Å². The minimum Gasteiger partial charge on any atom is -0.299 e. The van der Waals surface area contributed by atoms with Crippen molar-refractivity contribution in [2.45, 2.75) is 12.8 Å². The highest BCUT2D eigenvalue weighted by Gasteiger charge is 2.11. The zero-order chi connectivity index (χ0) is 11.5. The molecule has 5 heteroatoms. The van der Waals surface area contributed by atoms with Crippen molar-refractivity contribution in [1.29, 1.82) is 0 Å². The van der Waals surface area contributed by atoms with Crippen molar-refractivity contribution >= 4 is 60.3 Å². The highest BCUT2D eigenvalue weighted by atomic mass is 79.9. The fourth-order valence-electron chi connectivity index (χ4n) is 1.38. The van der Waals surface area contributed by atoms with E-state index in [1.54, 1.807) is 22.7 Å². The topological polar surface area (TPSA) is 17.1 Å². The van der Waals surface area contributed by atoms with Gasteiger partial charge in [0.2, 0.25) is 0 Å². The second kappa shape index (κ2) is 5.58. The molecule has 0 spiro atoms. The van der Waals surface area contributed by atoms with Gasteiger partial charge in [0, 0.05) is 12.8 Å². The van der Waals surface area contributed by atoms with Gasteiger partial charge in [-0.2, -0.15) is 0 Å². The number of hydrogen-bond donors (Lipinski definition) is 0. The first-order valence-electron chi connectivity index (χ1n) is 4.62. The van der Waals surface area contributed by atoms with Crippen LogP contribution in [-0.2, 0) is 17.6 Å². The Bertz CT molecular complexity index is 457. The molecular formula is C11H8Br2OS2. The van der Waals surface area contributed by atoms with Crippen LogP contribution in [0.1, 0.15) is 11.1 Å². The number of Topliss-reactive ketones (excluding diaryl/α,β-unsaturated/α-hetero) is 1. The highest BCUT2D eigenvalue weighted by Crippen LogP contribution is 2.26. The van der Waals surface area contributed by atoms with Crippen molar-refractivity contribution in [3.05, 3.63) is 41.6 Å². The molecule has 0 unspecified atom stereocenters. The summed E-state index contributed by atoms with van der Waals surface area (Å²) in [5, 5.41) is 3.99. The molecule has 2 aromatic heterocycles. The maximum atomic E-state index is 11.8. The molecule has 0 aliphatic rings. The molecule has 0 N–H and O–H groups in total. The predicted molar refractivity (Wildman–Crippen MR) is 76.5 cm³/mol. The molecule has 0 saturated carbocycles. The zero-order valence-corrected chi connectivity index (χ0v) is 13.0. The lowest BCUT2D eigenvalue weighted by atomic mass is 10.1. The third kappa shape index (κ3) is 3.03. The minimum atomic E-state index is 0.248. The third-order valence-electron chi connectivity index (χ3n) is 2.16. The first kappa shape index (κ1) is 12.5. The normalized spacial score (nSPS) is 10.6. The zero-order valence-electron chi connectivity index (χ0n) is 8.20. The lowest BCUT2D eigenvalue weighted by molar-refractivity contribution is -0.117. The highest BCUT2D eigenvalue weighted by molar-refractivity contribution is 9.11. The average Bonchev–Trinajstić information content (AvgIpc) is 2.79. The summed E-state index contributed by atoms with van der Waals surface area (Å²) in [6, 6.07) is 3.99. The predicted octanol–water partition coefficient (Wildman–Crippen LogP) is 4.69. The van der Waals surface area contributed by atoms with Gasteiger partial charge in [-0.25, -0.2) is 0 Å². The second-order valence-corrected chi connectivity index (χ2v) is 7.80. The van der Waals surface area contributed by atoms with Crippen LogP contribution in [0.15, 0.2) is 30.5 Å². The maximum Gasteiger partial charge on any atom is 0.141 e. The van der Waals surface area contributed by atoms with E-state index in [4.69, 9.17) is 0 Å². The Morgan fingerprint density at radius 2 is 1.44 bits per heavy atom. The van der Waals surface area contributed by atoms with E-state index in [1.807, 2.05) is 22.9 Å². The summed E-state index contributed by atoms with van der Waals surface area (Å²) in [7, 11) is 0. The van der Waals surface area contributed by atoms with E-state index < -0.39 is 0 Å². The van der Waals surface area contributed by atoms with Crippen LogP contribution in [0.4, 0.5) is 0 Å². The number of rotatable bonds is 4. The van der Waals surface area contributed by atoms with Crippen molar-refractivity contribution in [3.63, 3.8) is 0 Å². The molecule has 0 atom stereocenters. The van der Waals surface area contributed by atoms with Gasteiger partial charge in [-0.3, -0.25) is 4.79 Å². The van der Waals surface area contributed by atoms with Gasteiger partial charge in [-0.15, -0.1) is 22.7 Å². The molecule has 0 amide bonds. The Labute approximate surface area is 119 Å². The van der Waals surface area contributed by atoms with Crippen molar-refractivity contribution in [2.24, 2.45) is 0 Å². The third-order valence-corrected chi connectivity index (χ3v) is 5.78. The van der Waals surface area contributed by atoms with E-state index in [0.29, 0.717) is 12.8 Å². The molecule has 16 heavy (non-hydrogen) atoms. The van der Waals surface area contributed by atoms with E-state index in [-0.39, 0.29) is 5.78 Å². The van der Waals surface area contributed by atoms with Gasteiger partial charge in [-0.1, -0.05) is 0 Å². The smallest absolute Gasteiger partial charge is 0.141 e. The molecule has 0 aliphatic heterocycles. The Morgan fingerprint density at radius 3 is 1.75 bits per heavy atom. The van der Waals surface area contributed by atoms with Gasteiger partial charge in [0.25, 0.3) is 0 Å². The van der Waals surface area contributed by atoms with Crippen LogP contribution in [0.5, 0.6) is 0 Å². The number of halogens is 2. The largest absolute Gasteiger partial charge is 0.299 e. The van der Waals surface area contributed by atoms with Crippen molar-refractivity contribution in [1.82, 2.24) is 0 Å². The molecule has 2 heterocycles. The second-order valence-electron chi connectivity index (χ2n) is 3.33. The Hall–Kier alpha value is 0.0300. The summed E-state index contributed by atoms with van der Waals surface area (Å²) < 4.78 is 2.12. The monoisotopic (exact) mass is 378 g/mol. The van der Waals surface area contributed by atoms with Crippen molar-refractivity contribution in [3.8, 4) is 0 Å². The SMILES string of the molecule is O=C(Cc1ccsc1Br)Cc1ccsc1Br. The van der Waals surface area contributed by atoms with E-state index in [9.17, 15) is 4.79 Å². The summed E-state index contributed by atoms with van der Waals surface area (Å²) in [6.45, 7) is 0. The van der Waals surface area contributed by atoms with Crippen molar-refractivity contribution in [2.75, 3.05) is 0 Å². The van der Waals surface area contributed by atoms with Gasteiger partial charge < -0.3 is 0 Å². The fourth-order valence-corrected chi connectivity index (χ4v) is 3.86. The molecule has 0 saturated heterocycles. The molecule has 0 bridgehead atoms. The van der Waals surface area contributed by atoms with Crippen LogP contribution in [0.2, 0.25) is 0 Å². The van der Waals surface area contributed by atoms with Crippen LogP contribution < -0.4 is 0 Å².